The summed E-state index contributed by atoms with van der Waals surface area (Å²) in [4.78, 5) is 10.3. The number of likely N-dealkylation sites (tertiary alicyclic amines) is 1. The minimum atomic E-state index is 0.109. The second-order valence-corrected chi connectivity index (χ2v) is 6.10. The molecular weight excluding hydrogens is 246 g/mol. The van der Waals surface area contributed by atoms with Gasteiger partial charge in [0.2, 0.25) is 0 Å². The third kappa shape index (κ3) is 2.84. The molecule has 0 radical (unpaired) electrons. The summed E-state index contributed by atoms with van der Waals surface area (Å²) in [5, 5.41) is 10.4. The highest BCUT2D eigenvalue weighted by Crippen LogP contribution is 2.27. The average Bonchev–Trinajstić information content (AvgIpc) is 2.96. The normalized spacial score (nSPS) is 20.6. The molecule has 1 saturated heterocycles. The number of aromatic nitrogens is 1. The van der Waals surface area contributed by atoms with Crippen molar-refractivity contribution in [2.45, 2.75) is 38.8 Å². The number of rotatable bonds is 5. The molecule has 0 amide bonds. The molecule has 18 heavy (non-hydrogen) atoms. The van der Waals surface area contributed by atoms with Crippen LogP contribution in [-0.4, -0.2) is 48.2 Å². The zero-order valence-corrected chi connectivity index (χ0v) is 12.3. The second kappa shape index (κ2) is 5.99. The standard InChI is InChI=1S/C13H23N3OS/c1-4-11-12(9-17)18-13(14-11)16(3)8-10-6-5-7-15(10)2/h10,17H,4-9H2,1-3H3. The van der Waals surface area contributed by atoms with Crippen LogP contribution in [-0.2, 0) is 13.0 Å². The van der Waals surface area contributed by atoms with Crippen molar-refractivity contribution in [3.05, 3.63) is 10.6 Å². The predicted octanol–water partition coefficient (Wildman–Crippen LogP) is 1.73. The molecule has 1 aromatic heterocycles. The van der Waals surface area contributed by atoms with Crippen LogP contribution in [0.4, 0.5) is 5.13 Å². The zero-order valence-electron chi connectivity index (χ0n) is 11.5. The molecule has 2 rings (SSSR count). The minimum absolute atomic E-state index is 0.109. The van der Waals surface area contributed by atoms with Gasteiger partial charge in [0.1, 0.15) is 0 Å². The van der Waals surface area contributed by atoms with E-state index >= 15 is 0 Å². The molecule has 1 unspecified atom stereocenters. The van der Waals surface area contributed by atoms with E-state index in [0.29, 0.717) is 6.04 Å². The SMILES string of the molecule is CCc1nc(N(C)CC2CCCN2C)sc1CO. The number of thiazole rings is 1. The topological polar surface area (TPSA) is 39.6 Å². The Labute approximate surface area is 113 Å². The molecule has 0 saturated carbocycles. The summed E-state index contributed by atoms with van der Waals surface area (Å²) in [5.74, 6) is 0. The number of hydrogen-bond donors (Lipinski definition) is 1. The molecule has 1 aliphatic heterocycles. The van der Waals surface area contributed by atoms with Crippen LogP contribution in [0.25, 0.3) is 0 Å². The van der Waals surface area contributed by atoms with Gasteiger partial charge in [-0.05, 0) is 32.9 Å². The number of aryl methyl sites for hydroxylation is 1. The highest BCUT2D eigenvalue weighted by Gasteiger charge is 2.23. The average molecular weight is 269 g/mol. The van der Waals surface area contributed by atoms with Crippen molar-refractivity contribution < 1.29 is 5.11 Å². The smallest absolute Gasteiger partial charge is 0.185 e. The lowest BCUT2D eigenvalue weighted by atomic mass is 10.2. The first-order valence-corrected chi connectivity index (χ1v) is 7.48. The van der Waals surface area contributed by atoms with E-state index in [4.69, 9.17) is 0 Å². The molecule has 1 atom stereocenters. The number of anilines is 1. The molecule has 4 nitrogen and oxygen atoms in total. The van der Waals surface area contributed by atoms with Gasteiger partial charge in [0.15, 0.2) is 5.13 Å². The second-order valence-electron chi connectivity index (χ2n) is 5.04. The molecule has 0 spiro atoms. The van der Waals surface area contributed by atoms with Gasteiger partial charge in [-0.2, -0.15) is 0 Å². The number of aliphatic hydroxyl groups is 1. The predicted molar refractivity (Wildman–Crippen MR) is 76.3 cm³/mol. The van der Waals surface area contributed by atoms with Crippen LogP contribution in [0.1, 0.15) is 30.3 Å². The van der Waals surface area contributed by atoms with Gasteiger partial charge in [-0.3, -0.25) is 0 Å². The number of aliphatic hydroxyl groups excluding tert-OH is 1. The highest BCUT2D eigenvalue weighted by molar-refractivity contribution is 7.15. The third-order valence-electron chi connectivity index (χ3n) is 3.73. The van der Waals surface area contributed by atoms with Crippen LogP contribution in [0.3, 0.4) is 0 Å². The van der Waals surface area contributed by atoms with Crippen LogP contribution < -0.4 is 4.90 Å². The Morgan fingerprint density at radius 2 is 2.33 bits per heavy atom. The van der Waals surface area contributed by atoms with Gasteiger partial charge in [0, 0.05) is 19.6 Å². The van der Waals surface area contributed by atoms with Gasteiger partial charge in [-0.1, -0.05) is 18.3 Å². The number of hydrogen-bond acceptors (Lipinski definition) is 5. The van der Waals surface area contributed by atoms with Crippen LogP contribution in [0.5, 0.6) is 0 Å². The molecular formula is C13H23N3OS. The molecule has 2 heterocycles. The summed E-state index contributed by atoms with van der Waals surface area (Å²) in [6.07, 6.45) is 3.47. The quantitative estimate of drug-likeness (QED) is 0.883. The summed E-state index contributed by atoms with van der Waals surface area (Å²) in [5.41, 5.74) is 1.05. The maximum Gasteiger partial charge on any atom is 0.185 e. The van der Waals surface area contributed by atoms with Crippen LogP contribution in [0.2, 0.25) is 0 Å². The molecule has 0 aliphatic carbocycles. The Hall–Kier alpha value is -0.650. The van der Waals surface area contributed by atoms with E-state index in [1.54, 1.807) is 11.3 Å². The molecule has 1 aromatic rings. The van der Waals surface area contributed by atoms with E-state index in [1.807, 2.05) is 0 Å². The zero-order chi connectivity index (χ0) is 13.1. The summed E-state index contributed by atoms with van der Waals surface area (Å²) in [7, 11) is 4.30. The van der Waals surface area contributed by atoms with Gasteiger partial charge >= 0.3 is 0 Å². The molecule has 0 bridgehead atoms. The van der Waals surface area contributed by atoms with Crippen molar-refractivity contribution in [3.8, 4) is 0 Å². The molecule has 5 heteroatoms. The lowest BCUT2D eigenvalue weighted by Gasteiger charge is -2.25. The fraction of sp³-hybridized carbons (Fsp3) is 0.769. The molecule has 102 valence electrons. The fourth-order valence-electron chi connectivity index (χ4n) is 2.54. The van der Waals surface area contributed by atoms with Gasteiger partial charge in [0.05, 0.1) is 17.2 Å². The Balaban J connectivity index is 2.03. The minimum Gasteiger partial charge on any atom is -0.391 e. The lowest BCUT2D eigenvalue weighted by Crippen LogP contribution is -2.36. The third-order valence-corrected chi connectivity index (χ3v) is 4.92. The van der Waals surface area contributed by atoms with Crippen LogP contribution in [0.15, 0.2) is 0 Å². The fourth-order valence-corrected chi connectivity index (χ4v) is 3.52. The lowest BCUT2D eigenvalue weighted by molar-refractivity contribution is 0.284. The summed E-state index contributed by atoms with van der Waals surface area (Å²) in [6.45, 7) is 4.43. The van der Waals surface area contributed by atoms with E-state index in [9.17, 15) is 5.11 Å². The van der Waals surface area contributed by atoms with Crippen LogP contribution >= 0.6 is 11.3 Å². The van der Waals surface area contributed by atoms with Gasteiger partial charge in [-0.25, -0.2) is 4.98 Å². The maximum absolute atomic E-state index is 9.31. The first kappa shape index (κ1) is 13.8. The van der Waals surface area contributed by atoms with Crippen molar-refractivity contribution in [3.63, 3.8) is 0 Å². The van der Waals surface area contributed by atoms with Crippen molar-refractivity contribution in [1.29, 1.82) is 0 Å². The van der Waals surface area contributed by atoms with Crippen molar-refractivity contribution in [1.82, 2.24) is 9.88 Å². The maximum atomic E-state index is 9.31. The van der Waals surface area contributed by atoms with Gasteiger partial charge in [0.25, 0.3) is 0 Å². The number of likely N-dealkylation sites (N-methyl/N-ethyl adjacent to an activating group) is 2. The largest absolute Gasteiger partial charge is 0.391 e. The van der Waals surface area contributed by atoms with Crippen molar-refractivity contribution >= 4 is 16.5 Å². The van der Waals surface area contributed by atoms with E-state index in [0.717, 1.165) is 28.7 Å². The van der Waals surface area contributed by atoms with E-state index in [-0.39, 0.29) is 6.61 Å². The summed E-state index contributed by atoms with van der Waals surface area (Å²) >= 11 is 1.62. The van der Waals surface area contributed by atoms with Crippen molar-refractivity contribution in [2.24, 2.45) is 0 Å². The van der Waals surface area contributed by atoms with E-state index < -0.39 is 0 Å². The molecule has 1 N–H and O–H groups in total. The van der Waals surface area contributed by atoms with E-state index in [2.05, 4.69) is 35.8 Å². The van der Waals surface area contributed by atoms with E-state index in [1.165, 1.54) is 19.4 Å². The highest BCUT2D eigenvalue weighted by atomic mass is 32.1. The Morgan fingerprint density at radius 3 is 2.83 bits per heavy atom. The molecule has 0 aromatic carbocycles. The van der Waals surface area contributed by atoms with Crippen molar-refractivity contribution in [2.75, 3.05) is 32.1 Å². The summed E-state index contributed by atoms with van der Waals surface area (Å²) in [6, 6.07) is 0.640. The Bertz CT molecular complexity index is 372. The Morgan fingerprint density at radius 1 is 1.56 bits per heavy atom. The first-order chi connectivity index (χ1) is 8.65. The summed E-state index contributed by atoms with van der Waals surface area (Å²) < 4.78 is 0. The van der Waals surface area contributed by atoms with Crippen LogP contribution in [0, 0.1) is 0 Å². The molecule has 1 fully saturated rings. The molecule has 1 aliphatic rings. The monoisotopic (exact) mass is 269 g/mol. The number of nitrogens with zero attached hydrogens (tertiary/aromatic N) is 3. The van der Waals surface area contributed by atoms with Gasteiger partial charge < -0.3 is 14.9 Å². The Kier molecular flexibility index (Phi) is 4.59. The first-order valence-electron chi connectivity index (χ1n) is 6.66. The van der Waals surface area contributed by atoms with Gasteiger partial charge in [-0.15, -0.1) is 0 Å².